The SMILES string of the molecule is Cl.Cl.O=C(O)Cc1ccc(-c2ccc(CCNC[C@H](O)c3cccnc3)cc2)cc1OC1CCCCC1. The number of rotatable bonds is 11. The van der Waals surface area contributed by atoms with Crippen LogP contribution in [-0.2, 0) is 17.6 Å². The molecule has 1 aliphatic carbocycles. The van der Waals surface area contributed by atoms with Crippen LogP contribution in [0.3, 0.4) is 0 Å². The van der Waals surface area contributed by atoms with Crippen LogP contribution in [0.4, 0.5) is 0 Å². The predicted molar refractivity (Wildman–Crippen MR) is 151 cm³/mol. The van der Waals surface area contributed by atoms with Gasteiger partial charge in [-0.25, -0.2) is 0 Å². The first-order valence-corrected chi connectivity index (χ1v) is 12.5. The van der Waals surface area contributed by atoms with Crippen LogP contribution in [0, 0.1) is 0 Å². The minimum atomic E-state index is -0.850. The second kappa shape index (κ2) is 15.6. The predicted octanol–water partition coefficient (Wildman–Crippen LogP) is 5.80. The number of carboxylic acid groups (broad SMARTS) is 1. The van der Waals surface area contributed by atoms with E-state index in [9.17, 15) is 15.0 Å². The Hall–Kier alpha value is -2.64. The molecule has 6 nitrogen and oxygen atoms in total. The number of nitrogens with one attached hydrogen (secondary N) is 1. The molecule has 3 aromatic rings. The van der Waals surface area contributed by atoms with E-state index in [1.165, 1.54) is 12.0 Å². The second-order valence-corrected chi connectivity index (χ2v) is 9.22. The topological polar surface area (TPSA) is 91.7 Å². The van der Waals surface area contributed by atoms with Crippen LogP contribution in [0.1, 0.15) is 54.9 Å². The van der Waals surface area contributed by atoms with Gasteiger partial charge in [-0.2, -0.15) is 0 Å². The number of nitrogens with zero attached hydrogens (tertiary/aromatic N) is 1. The van der Waals surface area contributed by atoms with Crippen molar-refractivity contribution in [3.05, 3.63) is 83.7 Å². The molecule has 0 radical (unpaired) electrons. The molecule has 1 aliphatic rings. The number of carboxylic acids is 1. The van der Waals surface area contributed by atoms with Crippen LogP contribution in [0.15, 0.2) is 67.0 Å². The van der Waals surface area contributed by atoms with Crippen molar-refractivity contribution in [2.45, 2.75) is 57.2 Å². The molecular formula is C29H36Cl2N2O4. The van der Waals surface area contributed by atoms with Gasteiger partial charge < -0.3 is 20.3 Å². The first-order chi connectivity index (χ1) is 17.1. The van der Waals surface area contributed by atoms with Gasteiger partial charge in [-0.1, -0.05) is 48.9 Å². The number of benzene rings is 2. The van der Waals surface area contributed by atoms with E-state index in [0.29, 0.717) is 12.3 Å². The second-order valence-electron chi connectivity index (χ2n) is 9.22. The number of aliphatic hydroxyl groups excluding tert-OH is 1. The van der Waals surface area contributed by atoms with Gasteiger partial charge in [0.1, 0.15) is 5.75 Å². The zero-order valence-corrected chi connectivity index (χ0v) is 22.5. The number of pyridine rings is 1. The van der Waals surface area contributed by atoms with E-state index < -0.39 is 12.1 Å². The minimum Gasteiger partial charge on any atom is -0.490 e. The summed E-state index contributed by atoms with van der Waals surface area (Å²) in [7, 11) is 0. The zero-order valence-electron chi connectivity index (χ0n) is 20.8. The molecule has 0 aliphatic heterocycles. The summed E-state index contributed by atoms with van der Waals surface area (Å²) in [5, 5.41) is 22.8. The Morgan fingerprint density at radius 3 is 2.43 bits per heavy atom. The van der Waals surface area contributed by atoms with Crippen molar-refractivity contribution < 1.29 is 19.7 Å². The molecule has 0 bridgehead atoms. The Kier molecular flexibility index (Phi) is 12.9. The molecule has 2 aromatic carbocycles. The Bertz CT molecular complexity index is 1090. The lowest BCUT2D eigenvalue weighted by Gasteiger charge is -2.24. The fourth-order valence-corrected chi connectivity index (χ4v) is 4.54. The summed E-state index contributed by atoms with van der Waals surface area (Å²) in [6.45, 7) is 1.25. The highest BCUT2D eigenvalue weighted by Gasteiger charge is 2.18. The smallest absolute Gasteiger partial charge is 0.307 e. The molecule has 1 atom stereocenters. The van der Waals surface area contributed by atoms with Crippen LogP contribution in [0.2, 0.25) is 0 Å². The van der Waals surface area contributed by atoms with Gasteiger partial charge in [0.15, 0.2) is 0 Å². The van der Waals surface area contributed by atoms with Gasteiger partial charge in [0.05, 0.1) is 18.6 Å². The first kappa shape index (κ1) is 30.6. The number of carbonyl (C=O) groups is 1. The third kappa shape index (κ3) is 9.31. The average Bonchev–Trinajstić information content (AvgIpc) is 2.89. The fourth-order valence-electron chi connectivity index (χ4n) is 4.54. The Morgan fingerprint density at radius 1 is 1.03 bits per heavy atom. The molecule has 4 rings (SSSR count). The summed E-state index contributed by atoms with van der Waals surface area (Å²) < 4.78 is 6.29. The largest absolute Gasteiger partial charge is 0.490 e. The number of hydrogen-bond donors (Lipinski definition) is 3. The number of aromatic nitrogens is 1. The summed E-state index contributed by atoms with van der Waals surface area (Å²) in [4.78, 5) is 15.4. The summed E-state index contributed by atoms with van der Waals surface area (Å²) in [6.07, 6.45) is 9.42. The molecule has 1 heterocycles. The van der Waals surface area contributed by atoms with Crippen molar-refractivity contribution in [3.8, 4) is 16.9 Å². The highest BCUT2D eigenvalue weighted by molar-refractivity contribution is 5.85. The number of aliphatic hydroxyl groups is 1. The number of hydrogen-bond acceptors (Lipinski definition) is 5. The molecule has 1 saturated carbocycles. The lowest BCUT2D eigenvalue weighted by molar-refractivity contribution is -0.136. The first-order valence-electron chi connectivity index (χ1n) is 12.5. The van der Waals surface area contributed by atoms with Crippen LogP contribution in [0.25, 0.3) is 11.1 Å². The van der Waals surface area contributed by atoms with E-state index >= 15 is 0 Å². The Morgan fingerprint density at radius 2 is 1.76 bits per heavy atom. The van der Waals surface area contributed by atoms with Crippen LogP contribution >= 0.6 is 24.8 Å². The molecule has 0 unspecified atom stereocenters. The van der Waals surface area contributed by atoms with Gasteiger partial charge in [0.2, 0.25) is 0 Å². The molecule has 0 saturated heterocycles. The van der Waals surface area contributed by atoms with Crippen molar-refractivity contribution >= 4 is 30.8 Å². The highest BCUT2D eigenvalue weighted by atomic mass is 35.5. The van der Waals surface area contributed by atoms with Crippen molar-refractivity contribution in [2.24, 2.45) is 0 Å². The number of halogens is 2. The van der Waals surface area contributed by atoms with Crippen LogP contribution in [-0.4, -0.2) is 40.4 Å². The fraction of sp³-hybridized carbons (Fsp3) is 0.379. The third-order valence-electron chi connectivity index (χ3n) is 6.54. The molecular weight excluding hydrogens is 511 g/mol. The van der Waals surface area contributed by atoms with E-state index in [4.69, 9.17) is 4.74 Å². The van der Waals surface area contributed by atoms with Gasteiger partial charge in [-0.3, -0.25) is 9.78 Å². The van der Waals surface area contributed by atoms with Crippen molar-refractivity contribution in [2.75, 3.05) is 13.1 Å². The molecule has 0 spiro atoms. The third-order valence-corrected chi connectivity index (χ3v) is 6.54. The summed E-state index contributed by atoms with van der Waals surface area (Å²) in [6, 6.07) is 18.0. The normalized spacial score (nSPS) is 14.2. The maximum atomic E-state index is 11.3. The van der Waals surface area contributed by atoms with Crippen LogP contribution < -0.4 is 10.1 Å². The summed E-state index contributed by atoms with van der Waals surface area (Å²) in [5.74, 6) is -0.158. The van der Waals surface area contributed by atoms with E-state index in [1.807, 2.05) is 30.3 Å². The molecule has 200 valence electrons. The van der Waals surface area contributed by atoms with E-state index in [0.717, 1.165) is 60.9 Å². The molecule has 1 aromatic heterocycles. The van der Waals surface area contributed by atoms with Crippen molar-refractivity contribution in [3.63, 3.8) is 0 Å². The summed E-state index contributed by atoms with van der Waals surface area (Å²) >= 11 is 0. The van der Waals surface area contributed by atoms with Gasteiger partial charge in [-0.15, -0.1) is 24.8 Å². The monoisotopic (exact) mass is 546 g/mol. The average molecular weight is 548 g/mol. The molecule has 8 heteroatoms. The van der Waals surface area contributed by atoms with E-state index in [-0.39, 0.29) is 37.3 Å². The van der Waals surface area contributed by atoms with Gasteiger partial charge in [0.25, 0.3) is 0 Å². The molecule has 1 fully saturated rings. The van der Waals surface area contributed by atoms with Gasteiger partial charge in [0, 0.05) is 30.1 Å². The van der Waals surface area contributed by atoms with Crippen molar-refractivity contribution in [1.29, 1.82) is 0 Å². The lowest BCUT2D eigenvalue weighted by Crippen LogP contribution is -2.23. The zero-order chi connectivity index (χ0) is 24.5. The Balaban J connectivity index is 0.00000241. The van der Waals surface area contributed by atoms with Crippen LogP contribution in [0.5, 0.6) is 5.75 Å². The van der Waals surface area contributed by atoms with E-state index in [2.05, 4.69) is 34.6 Å². The quantitative estimate of drug-likeness (QED) is 0.263. The van der Waals surface area contributed by atoms with Gasteiger partial charge >= 0.3 is 5.97 Å². The maximum absolute atomic E-state index is 11.3. The minimum absolute atomic E-state index is 0. The molecule has 3 N–H and O–H groups in total. The lowest BCUT2D eigenvalue weighted by atomic mass is 9.97. The van der Waals surface area contributed by atoms with E-state index in [1.54, 1.807) is 12.4 Å². The Labute approximate surface area is 231 Å². The number of aliphatic carboxylic acids is 1. The summed E-state index contributed by atoms with van der Waals surface area (Å²) in [5.41, 5.74) is 4.84. The highest BCUT2D eigenvalue weighted by Crippen LogP contribution is 2.31. The standard InChI is InChI=1S/C29H34N2O4.2ClH/c32-27(25-5-4-15-30-19-25)20-31-16-14-21-8-10-22(11-9-21)23-12-13-24(18-29(33)34)28(17-23)35-26-6-2-1-3-7-26;;/h4-5,8-13,15,17,19,26-27,31-32H,1-3,6-7,14,16,18,20H2,(H,33,34);2*1H/t27-;;/m0../s1. The molecule has 37 heavy (non-hydrogen) atoms. The van der Waals surface area contributed by atoms with Gasteiger partial charge in [-0.05, 0) is 67.5 Å². The molecule has 0 amide bonds. The maximum Gasteiger partial charge on any atom is 0.307 e. The van der Waals surface area contributed by atoms with Crippen molar-refractivity contribution in [1.82, 2.24) is 10.3 Å². The number of ether oxygens (including phenoxy) is 1.